The Morgan fingerprint density at radius 1 is 1.06 bits per heavy atom. The van der Waals surface area contributed by atoms with E-state index in [1.165, 1.54) is 11.8 Å². The highest BCUT2D eigenvalue weighted by Gasteiger charge is 2.50. The summed E-state index contributed by atoms with van der Waals surface area (Å²) in [5.74, 6) is -0.377. The predicted octanol–water partition coefficient (Wildman–Crippen LogP) is 4.67. The van der Waals surface area contributed by atoms with Gasteiger partial charge in [0.2, 0.25) is 0 Å². The van der Waals surface area contributed by atoms with Crippen molar-refractivity contribution in [3.63, 3.8) is 0 Å². The molecule has 4 rings (SSSR count). The molecule has 0 N–H and O–H groups in total. The van der Waals surface area contributed by atoms with Gasteiger partial charge in [-0.05, 0) is 71.1 Å². The first-order valence-corrected chi connectivity index (χ1v) is 11.2. The number of esters is 1. The fraction of sp³-hybridized carbons (Fsp3) is 0.560. The summed E-state index contributed by atoms with van der Waals surface area (Å²) in [7, 11) is 0. The molecule has 1 aromatic carbocycles. The molecular weight excluding hydrogens is 406 g/mol. The Labute approximate surface area is 189 Å². The highest BCUT2D eigenvalue weighted by molar-refractivity contribution is 5.89. The van der Waals surface area contributed by atoms with Gasteiger partial charge < -0.3 is 14.4 Å². The molecule has 2 aliphatic rings. The molecule has 0 radical (unpaired) electrons. The molecule has 0 atom stereocenters. The summed E-state index contributed by atoms with van der Waals surface area (Å²) in [6, 6.07) is 6.47. The maximum Gasteiger partial charge on any atom is 0.410 e. The molecule has 0 bridgehead atoms. The van der Waals surface area contributed by atoms with E-state index < -0.39 is 11.2 Å². The van der Waals surface area contributed by atoms with Crippen molar-refractivity contribution >= 4 is 12.1 Å². The number of carbonyl (C=O) groups is 2. The van der Waals surface area contributed by atoms with E-state index >= 15 is 0 Å². The van der Waals surface area contributed by atoms with E-state index in [4.69, 9.17) is 9.47 Å². The third-order valence-electron chi connectivity index (χ3n) is 5.71. The fourth-order valence-electron chi connectivity index (χ4n) is 4.22. The minimum atomic E-state index is -0.545. The van der Waals surface area contributed by atoms with Crippen molar-refractivity contribution < 1.29 is 19.1 Å². The van der Waals surface area contributed by atoms with E-state index in [1.54, 1.807) is 10.9 Å². The lowest BCUT2D eigenvalue weighted by atomic mass is 9.86. The van der Waals surface area contributed by atoms with Crippen LogP contribution >= 0.6 is 0 Å². The highest BCUT2D eigenvalue weighted by atomic mass is 16.6. The number of rotatable bonds is 3. The van der Waals surface area contributed by atoms with Gasteiger partial charge >= 0.3 is 12.1 Å². The van der Waals surface area contributed by atoms with Gasteiger partial charge in [-0.3, -0.25) is 4.68 Å². The molecule has 1 fully saturated rings. The fourth-order valence-corrected chi connectivity index (χ4v) is 4.22. The molecule has 0 saturated heterocycles. The maximum atomic E-state index is 12.7. The van der Waals surface area contributed by atoms with Crippen molar-refractivity contribution in [2.45, 2.75) is 84.1 Å². The van der Waals surface area contributed by atoms with Crippen LogP contribution in [0.25, 0.3) is 0 Å². The molecule has 7 nitrogen and oxygen atoms in total. The summed E-state index contributed by atoms with van der Waals surface area (Å²) in [6.45, 7) is 13.0. The van der Waals surface area contributed by atoms with E-state index in [0.29, 0.717) is 25.2 Å². The molecular formula is C25H33N3O4. The number of benzene rings is 1. The monoisotopic (exact) mass is 439 g/mol. The second-order valence-electron chi connectivity index (χ2n) is 11.0. The van der Waals surface area contributed by atoms with Crippen molar-refractivity contribution in [3.05, 3.63) is 52.8 Å². The number of nitrogens with zero attached hydrogens (tertiary/aromatic N) is 3. The Bertz CT molecular complexity index is 1040. The normalized spacial score (nSPS) is 17.1. The zero-order valence-corrected chi connectivity index (χ0v) is 19.9. The zero-order valence-electron chi connectivity index (χ0n) is 19.9. The Morgan fingerprint density at radius 3 is 2.38 bits per heavy atom. The number of hydrogen-bond acceptors (Lipinski definition) is 5. The molecule has 172 valence electrons. The minimum Gasteiger partial charge on any atom is -0.456 e. The minimum absolute atomic E-state index is 0.0681. The summed E-state index contributed by atoms with van der Waals surface area (Å²) in [4.78, 5) is 26.8. The number of amides is 1. The molecule has 2 aromatic rings. The molecule has 1 saturated carbocycles. The number of fused-ring (bicyclic) bond motifs is 2. The second kappa shape index (κ2) is 7.64. The number of hydrogen-bond donors (Lipinski definition) is 0. The average molecular weight is 440 g/mol. The number of aromatic nitrogens is 2. The standard InChI is InChI=1S/C25H33N3O4/c1-23(2,3)31-21(29)19-12-26-28(15-19)13-17-7-8-20-18(11-17)14-27(16-25(20)9-10-25)22(30)32-24(4,5)6/h7-8,11-12,15H,9-10,13-14,16H2,1-6H3. The van der Waals surface area contributed by atoms with E-state index in [0.717, 1.165) is 24.0 Å². The third-order valence-corrected chi connectivity index (χ3v) is 5.71. The van der Waals surface area contributed by atoms with Crippen LogP contribution in [0.4, 0.5) is 4.79 Å². The lowest BCUT2D eigenvalue weighted by Crippen LogP contribution is -2.44. The topological polar surface area (TPSA) is 73.7 Å². The van der Waals surface area contributed by atoms with E-state index in [2.05, 4.69) is 23.3 Å². The molecule has 1 amide bonds. The molecule has 7 heteroatoms. The smallest absolute Gasteiger partial charge is 0.410 e. The van der Waals surface area contributed by atoms with Gasteiger partial charge in [0.05, 0.1) is 18.3 Å². The quantitative estimate of drug-likeness (QED) is 0.650. The van der Waals surface area contributed by atoms with Crippen molar-refractivity contribution in [2.75, 3.05) is 6.54 Å². The van der Waals surface area contributed by atoms with Gasteiger partial charge in [0.25, 0.3) is 0 Å². The van der Waals surface area contributed by atoms with E-state index in [-0.39, 0.29) is 17.5 Å². The van der Waals surface area contributed by atoms with Crippen LogP contribution in [0.15, 0.2) is 30.6 Å². The third kappa shape index (κ3) is 4.97. The maximum absolute atomic E-state index is 12.7. The van der Waals surface area contributed by atoms with Crippen molar-refractivity contribution in [2.24, 2.45) is 0 Å². The summed E-state index contributed by atoms with van der Waals surface area (Å²) in [5, 5.41) is 4.33. The van der Waals surface area contributed by atoms with Gasteiger partial charge in [0, 0.05) is 24.7 Å². The largest absolute Gasteiger partial charge is 0.456 e. The number of ether oxygens (including phenoxy) is 2. The van der Waals surface area contributed by atoms with Crippen LogP contribution in [-0.4, -0.2) is 44.5 Å². The molecule has 1 spiro atoms. The van der Waals surface area contributed by atoms with Gasteiger partial charge in [-0.25, -0.2) is 9.59 Å². The van der Waals surface area contributed by atoms with Crippen LogP contribution in [0.5, 0.6) is 0 Å². The first kappa shape index (κ1) is 22.4. The lowest BCUT2D eigenvalue weighted by molar-refractivity contribution is 0.00685. The number of carbonyl (C=O) groups excluding carboxylic acids is 2. The van der Waals surface area contributed by atoms with Gasteiger partial charge in [-0.1, -0.05) is 18.2 Å². The first-order chi connectivity index (χ1) is 14.8. The summed E-state index contributed by atoms with van der Waals surface area (Å²) < 4.78 is 12.8. The average Bonchev–Trinajstić information content (AvgIpc) is 3.25. The van der Waals surface area contributed by atoms with Gasteiger partial charge in [-0.15, -0.1) is 0 Å². The molecule has 1 aromatic heterocycles. The lowest BCUT2D eigenvalue weighted by Gasteiger charge is -2.36. The van der Waals surface area contributed by atoms with Crippen LogP contribution in [0.3, 0.4) is 0 Å². The molecule has 1 aliphatic carbocycles. The van der Waals surface area contributed by atoms with E-state index in [1.807, 2.05) is 46.4 Å². The van der Waals surface area contributed by atoms with Crippen LogP contribution < -0.4 is 0 Å². The van der Waals surface area contributed by atoms with Crippen molar-refractivity contribution in [1.82, 2.24) is 14.7 Å². The van der Waals surface area contributed by atoms with Crippen LogP contribution in [0.1, 0.15) is 81.4 Å². The van der Waals surface area contributed by atoms with E-state index in [9.17, 15) is 9.59 Å². The summed E-state index contributed by atoms with van der Waals surface area (Å²) in [5.41, 5.74) is 3.03. The summed E-state index contributed by atoms with van der Waals surface area (Å²) >= 11 is 0. The highest BCUT2D eigenvalue weighted by Crippen LogP contribution is 2.52. The van der Waals surface area contributed by atoms with Crippen molar-refractivity contribution in [3.8, 4) is 0 Å². The Morgan fingerprint density at radius 2 is 1.75 bits per heavy atom. The second-order valence-corrected chi connectivity index (χ2v) is 11.0. The Kier molecular flexibility index (Phi) is 5.34. The van der Waals surface area contributed by atoms with Crippen LogP contribution in [0.2, 0.25) is 0 Å². The predicted molar refractivity (Wildman–Crippen MR) is 120 cm³/mol. The molecule has 2 heterocycles. The molecule has 0 unspecified atom stereocenters. The van der Waals surface area contributed by atoms with Gasteiger partial charge in [-0.2, -0.15) is 5.10 Å². The van der Waals surface area contributed by atoms with Gasteiger partial charge in [0.15, 0.2) is 0 Å². The van der Waals surface area contributed by atoms with Gasteiger partial charge in [0.1, 0.15) is 11.2 Å². The van der Waals surface area contributed by atoms with Crippen LogP contribution in [0, 0.1) is 0 Å². The molecule has 32 heavy (non-hydrogen) atoms. The Hall–Kier alpha value is -2.83. The SMILES string of the molecule is CC(C)(C)OC(=O)c1cnn(Cc2ccc3c(c2)CN(C(=O)OC(C)(C)C)CC32CC2)c1. The first-order valence-electron chi connectivity index (χ1n) is 11.2. The van der Waals surface area contributed by atoms with Crippen LogP contribution in [-0.2, 0) is 28.0 Å². The molecule has 1 aliphatic heterocycles. The summed E-state index contributed by atoms with van der Waals surface area (Å²) in [6.07, 6.45) is 5.18. The van der Waals surface area contributed by atoms with Crippen molar-refractivity contribution in [1.29, 1.82) is 0 Å². The zero-order chi connectivity index (χ0) is 23.3. The Balaban J connectivity index is 1.50.